The molecule has 0 spiro atoms. The molecule has 0 aliphatic carbocycles. The Bertz CT molecular complexity index is 571. The quantitative estimate of drug-likeness (QED) is 0.816. The zero-order valence-electron chi connectivity index (χ0n) is 9.78. The van der Waals surface area contributed by atoms with Crippen molar-refractivity contribution in [3.63, 3.8) is 0 Å². The minimum Gasteiger partial charge on any atom is -0.328 e. The summed E-state index contributed by atoms with van der Waals surface area (Å²) in [6.45, 7) is 0.760. The molecule has 1 aromatic rings. The molecule has 2 rings (SSSR count). The Kier molecular flexibility index (Phi) is 3.61. The SMILES string of the molecule is N#Cc1cccnc1S(=O)(=O)N1CCC(N)CC1. The molecule has 1 aliphatic rings. The van der Waals surface area contributed by atoms with Gasteiger partial charge in [-0.15, -0.1) is 0 Å². The first-order chi connectivity index (χ1) is 8.55. The van der Waals surface area contributed by atoms with Crippen molar-refractivity contribution in [2.24, 2.45) is 5.73 Å². The average molecular weight is 266 g/mol. The lowest BCUT2D eigenvalue weighted by molar-refractivity contribution is 0.319. The average Bonchev–Trinajstić information content (AvgIpc) is 2.39. The molecular weight excluding hydrogens is 252 g/mol. The Morgan fingerprint density at radius 2 is 2.11 bits per heavy atom. The van der Waals surface area contributed by atoms with Crippen molar-refractivity contribution >= 4 is 10.0 Å². The van der Waals surface area contributed by atoms with Crippen LogP contribution in [0.3, 0.4) is 0 Å². The first-order valence-corrected chi connectivity index (χ1v) is 7.10. The van der Waals surface area contributed by atoms with E-state index < -0.39 is 10.0 Å². The molecule has 0 bridgehead atoms. The monoisotopic (exact) mass is 266 g/mol. The normalized spacial score (nSPS) is 18.4. The molecule has 18 heavy (non-hydrogen) atoms. The fraction of sp³-hybridized carbons (Fsp3) is 0.455. The lowest BCUT2D eigenvalue weighted by Gasteiger charge is -2.29. The van der Waals surface area contributed by atoms with Crippen molar-refractivity contribution in [2.75, 3.05) is 13.1 Å². The lowest BCUT2D eigenvalue weighted by Crippen LogP contribution is -2.43. The zero-order chi connectivity index (χ0) is 13.2. The molecule has 0 saturated carbocycles. The summed E-state index contributed by atoms with van der Waals surface area (Å²) in [5, 5.41) is 8.77. The summed E-state index contributed by atoms with van der Waals surface area (Å²) < 4.78 is 26.0. The Labute approximate surface area is 106 Å². The van der Waals surface area contributed by atoms with Crippen molar-refractivity contribution in [1.29, 1.82) is 5.26 Å². The Morgan fingerprint density at radius 1 is 1.44 bits per heavy atom. The Balaban J connectivity index is 2.34. The molecule has 2 N–H and O–H groups in total. The van der Waals surface area contributed by atoms with Crippen LogP contribution in [-0.2, 0) is 10.0 Å². The molecule has 2 heterocycles. The maximum Gasteiger partial charge on any atom is 0.261 e. The van der Waals surface area contributed by atoms with Gasteiger partial charge in [-0.3, -0.25) is 0 Å². The van der Waals surface area contributed by atoms with Gasteiger partial charge in [-0.1, -0.05) is 0 Å². The third-order valence-electron chi connectivity index (χ3n) is 2.97. The van der Waals surface area contributed by atoms with Gasteiger partial charge in [-0.2, -0.15) is 9.57 Å². The minimum absolute atomic E-state index is 0.0515. The van der Waals surface area contributed by atoms with E-state index in [0.29, 0.717) is 25.9 Å². The van der Waals surface area contributed by atoms with Crippen molar-refractivity contribution < 1.29 is 8.42 Å². The van der Waals surface area contributed by atoms with Crippen molar-refractivity contribution in [1.82, 2.24) is 9.29 Å². The predicted octanol–water partition coefficient (Wildman–Crippen LogP) is 0.0651. The van der Waals surface area contributed by atoms with Gasteiger partial charge in [0.05, 0.1) is 5.56 Å². The van der Waals surface area contributed by atoms with Gasteiger partial charge in [0.15, 0.2) is 5.03 Å². The molecule has 1 aliphatic heterocycles. The summed E-state index contributed by atoms with van der Waals surface area (Å²) in [7, 11) is -3.68. The highest BCUT2D eigenvalue weighted by molar-refractivity contribution is 7.89. The second kappa shape index (κ2) is 5.02. The second-order valence-corrected chi connectivity index (χ2v) is 6.06. The number of nitrogens with two attached hydrogens (primary N) is 1. The summed E-state index contributed by atoms with van der Waals surface area (Å²) >= 11 is 0. The van der Waals surface area contributed by atoms with Crippen LogP contribution in [0.5, 0.6) is 0 Å². The van der Waals surface area contributed by atoms with E-state index >= 15 is 0 Å². The third kappa shape index (κ3) is 2.36. The maximum absolute atomic E-state index is 12.3. The molecule has 7 heteroatoms. The number of rotatable bonds is 2. The molecule has 1 aromatic heterocycles. The molecular formula is C11H14N4O2S. The molecule has 96 valence electrons. The fourth-order valence-electron chi connectivity index (χ4n) is 1.92. The fourth-order valence-corrected chi connectivity index (χ4v) is 3.44. The summed E-state index contributed by atoms with van der Waals surface area (Å²) in [4.78, 5) is 3.83. The highest BCUT2D eigenvalue weighted by atomic mass is 32.2. The Hall–Kier alpha value is -1.49. The molecule has 0 atom stereocenters. The van der Waals surface area contributed by atoms with Gasteiger partial charge >= 0.3 is 0 Å². The van der Waals surface area contributed by atoms with Gasteiger partial charge in [-0.05, 0) is 25.0 Å². The van der Waals surface area contributed by atoms with Crippen LogP contribution in [0.2, 0.25) is 0 Å². The summed E-state index contributed by atoms with van der Waals surface area (Å²) in [5.41, 5.74) is 5.82. The molecule has 6 nitrogen and oxygen atoms in total. The lowest BCUT2D eigenvalue weighted by atomic mass is 10.1. The van der Waals surface area contributed by atoms with Crippen molar-refractivity contribution in [3.05, 3.63) is 23.9 Å². The van der Waals surface area contributed by atoms with Crippen LogP contribution in [0.25, 0.3) is 0 Å². The van der Waals surface area contributed by atoms with Gasteiger partial charge < -0.3 is 5.73 Å². The smallest absolute Gasteiger partial charge is 0.261 e. The van der Waals surface area contributed by atoms with Crippen LogP contribution in [0.1, 0.15) is 18.4 Å². The van der Waals surface area contributed by atoms with E-state index in [1.807, 2.05) is 6.07 Å². The van der Waals surface area contributed by atoms with E-state index in [9.17, 15) is 8.42 Å². The van der Waals surface area contributed by atoms with Crippen LogP contribution in [0.15, 0.2) is 23.4 Å². The van der Waals surface area contributed by atoms with Crippen LogP contribution >= 0.6 is 0 Å². The standard InChI is InChI=1S/C11H14N4O2S/c12-8-9-2-1-5-14-11(9)18(16,17)15-6-3-10(13)4-7-15/h1-2,5,10H,3-4,6-7,13H2. The predicted molar refractivity (Wildman–Crippen MR) is 64.9 cm³/mol. The van der Waals surface area contributed by atoms with E-state index in [-0.39, 0.29) is 16.6 Å². The largest absolute Gasteiger partial charge is 0.328 e. The number of nitrogens with zero attached hydrogens (tertiary/aromatic N) is 3. The summed E-state index contributed by atoms with van der Waals surface area (Å²) in [6, 6.07) is 4.91. The highest BCUT2D eigenvalue weighted by Crippen LogP contribution is 2.20. The van der Waals surface area contributed by atoms with Gasteiger partial charge in [0.1, 0.15) is 6.07 Å². The maximum atomic E-state index is 12.3. The number of aromatic nitrogens is 1. The van der Waals surface area contributed by atoms with E-state index in [1.54, 1.807) is 6.07 Å². The van der Waals surface area contributed by atoms with E-state index in [4.69, 9.17) is 11.0 Å². The van der Waals surface area contributed by atoms with Crippen LogP contribution in [-0.4, -0.2) is 36.8 Å². The molecule has 1 saturated heterocycles. The highest BCUT2D eigenvalue weighted by Gasteiger charge is 2.31. The zero-order valence-corrected chi connectivity index (χ0v) is 10.6. The first kappa shape index (κ1) is 13.0. The third-order valence-corrected chi connectivity index (χ3v) is 4.83. The number of hydrogen-bond donors (Lipinski definition) is 1. The van der Waals surface area contributed by atoms with Crippen LogP contribution in [0, 0.1) is 11.3 Å². The van der Waals surface area contributed by atoms with Gasteiger partial charge in [-0.25, -0.2) is 13.4 Å². The number of pyridine rings is 1. The van der Waals surface area contributed by atoms with Crippen molar-refractivity contribution in [2.45, 2.75) is 23.9 Å². The van der Waals surface area contributed by atoms with Crippen molar-refractivity contribution in [3.8, 4) is 6.07 Å². The van der Waals surface area contributed by atoms with Crippen LogP contribution in [0.4, 0.5) is 0 Å². The summed E-state index contributed by atoms with van der Waals surface area (Å²) in [6.07, 6.45) is 2.64. The van der Waals surface area contributed by atoms with Gasteiger partial charge in [0, 0.05) is 25.3 Å². The van der Waals surface area contributed by atoms with Gasteiger partial charge in [0.2, 0.25) is 0 Å². The second-order valence-electron chi connectivity index (χ2n) is 4.21. The van der Waals surface area contributed by atoms with E-state index in [0.717, 1.165) is 0 Å². The molecule has 0 radical (unpaired) electrons. The first-order valence-electron chi connectivity index (χ1n) is 5.66. The number of sulfonamides is 1. The number of hydrogen-bond acceptors (Lipinski definition) is 5. The molecule has 0 unspecified atom stereocenters. The molecule has 1 fully saturated rings. The van der Waals surface area contributed by atoms with Gasteiger partial charge in [0.25, 0.3) is 10.0 Å². The topological polar surface area (TPSA) is 100 Å². The van der Waals surface area contributed by atoms with E-state index in [2.05, 4.69) is 4.98 Å². The number of nitriles is 1. The molecule has 0 aromatic carbocycles. The Morgan fingerprint density at radius 3 is 2.72 bits per heavy atom. The summed E-state index contributed by atoms with van der Waals surface area (Å²) in [5.74, 6) is 0. The van der Waals surface area contributed by atoms with Crippen LogP contribution < -0.4 is 5.73 Å². The minimum atomic E-state index is -3.68. The van der Waals surface area contributed by atoms with E-state index in [1.165, 1.54) is 16.6 Å². The number of piperidine rings is 1. The molecule has 0 amide bonds.